The number of hydrogen-bond acceptors (Lipinski definition) is 1. The summed E-state index contributed by atoms with van der Waals surface area (Å²) in [5.74, 6) is 0.780. The van der Waals surface area contributed by atoms with E-state index in [4.69, 9.17) is 4.74 Å². The third-order valence-electron chi connectivity index (χ3n) is 1.06. The lowest BCUT2D eigenvalue weighted by molar-refractivity contribution is 0.409. The van der Waals surface area contributed by atoms with Crippen molar-refractivity contribution in [1.82, 2.24) is 0 Å². The maximum atomic E-state index is 5.05. The molecule has 0 unspecified atom stereocenters. The molecule has 0 N–H and O–H groups in total. The highest BCUT2D eigenvalue weighted by molar-refractivity contribution is 9.11. The Morgan fingerprint density at radius 2 is 2.20 bits per heavy atom. The van der Waals surface area contributed by atoms with Crippen LogP contribution in [0.5, 0.6) is 5.75 Å². The number of rotatable bonds is 1. The van der Waals surface area contributed by atoms with Gasteiger partial charge in [-0.3, -0.25) is 0 Å². The molecule has 0 fully saturated rings. The monoisotopic (exact) mass is 263 g/mol. The molecule has 3 heteroatoms. The number of halogens is 2. The summed E-state index contributed by atoms with van der Waals surface area (Å²) in [6.45, 7) is 0. The third kappa shape index (κ3) is 1.52. The molecule has 0 spiro atoms. The van der Waals surface area contributed by atoms with Crippen LogP contribution < -0.4 is 4.74 Å². The fraction of sp³-hybridized carbons (Fsp3) is 0.143. The highest BCUT2D eigenvalue weighted by Crippen LogP contribution is 2.31. The Kier molecular flexibility index (Phi) is 2.74. The summed E-state index contributed by atoms with van der Waals surface area (Å²) in [5.41, 5.74) is 0. The largest absolute Gasteiger partial charge is 0.494 e. The van der Waals surface area contributed by atoms with E-state index in [0.29, 0.717) is 0 Å². The Bertz CT molecular complexity index is 215. The van der Waals surface area contributed by atoms with Crippen molar-refractivity contribution in [3.63, 3.8) is 0 Å². The van der Waals surface area contributed by atoms with Crippen LogP contribution in [0.3, 0.4) is 0 Å². The molecule has 10 heavy (non-hydrogen) atoms. The van der Waals surface area contributed by atoms with Crippen LogP contribution in [-0.2, 0) is 0 Å². The molecule has 0 amide bonds. The van der Waals surface area contributed by atoms with Crippen LogP contribution in [0.25, 0.3) is 0 Å². The van der Waals surface area contributed by atoms with Crippen molar-refractivity contribution >= 4 is 31.9 Å². The van der Waals surface area contributed by atoms with E-state index in [1.54, 1.807) is 7.11 Å². The molecule has 1 nitrogen and oxygen atoms in total. The van der Waals surface area contributed by atoms with E-state index >= 15 is 0 Å². The quantitative estimate of drug-likeness (QED) is 0.758. The van der Waals surface area contributed by atoms with Crippen LogP contribution in [0.15, 0.2) is 21.1 Å². The van der Waals surface area contributed by atoms with E-state index in [9.17, 15) is 0 Å². The molecule has 0 aromatic heterocycles. The van der Waals surface area contributed by atoms with E-state index in [1.165, 1.54) is 0 Å². The van der Waals surface area contributed by atoms with Gasteiger partial charge in [-0.05, 0) is 37.9 Å². The van der Waals surface area contributed by atoms with Crippen molar-refractivity contribution in [3.8, 4) is 5.75 Å². The number of ether oxygens (including phenoxy) is 1. The van der Waals surface area contributed by atoms with Crippen LogP contribution in [0.2, 0.25) is 0 Å². The van der Waals surface area contributed by atoms with Gasteiger partial charge in [0.05, 0.1) is 16.1 Å². The fourth-order valence-electron chi connectivity index (χ4n) is 0.621. The molecule has 0 aliphatic rings. The molecule has 0 saturated heterocycles. The van der Waals surface area contributed by atoms with Crippen molar-refractivity contribution in [3.05, 3.63) is 27.1 Å². The first-order valence-electron chi connectivity index (χ1n) is 2.65. The molecule has 0 saturated carbocycles. The molecule has 0 atom stereocenters. The first-order valence-corrected chi connectivity index (χ1v) is 4.24. The van der Waals surface area contributed by atoms with Crippen LogP contribution in [-0.4, -0.2) is 7.11 Å². The van der Waals surface area contributed by atoms with Crippen molar-refractivity contribution in [2.24, 2.45) is 0 Å². The summed E-state index contributed by atoms with van der Waals surface area (Å²) in [5, 5.41) is 0. The Labute approximate surface area is 76.6 Å². The van der Waals surface area contributed by atoms with Crippen LogP contribution in [0.1, 0.15) is 0 Å². The minimum atomic E-state index is 0.780. The smallest absolute Gasteiger partial charge is 0.147 e. The fourth-order valence-corrected chi connectivity index (χ4v) is 1.89. The van der Waals surface area contributed by atoms with Crippen LogP contribution in [0.4, 0.5) is 0 Å². The van der Waals surface area contributed by atoms with Gasteiger partial charge in [-0.1, -0.05) is 6.07 Å². The highest BCUT2D eigenvalue weighted by atomic mass is 79.9. The third-order valence-corrected chi connectivity index (χ3v) is 2.27. The van der Waals surface area contributed by atoms with Gasteiger partial charge in [-0.2, -0.15) is 0 Å². The van der Waals surface area contributed by atoms with Gasteiger partial charge in [0.25, 0.3) is 0 Å². The second-order valence-electron chi connectivity index (χ2n) is 1.67. The first kappa shape index (κ1) is 8.08. The Hall–Kier alpha value is -0.0200. The van der Waals surface area contributed by atoms with Crippen LogP contribution in [0, 0.1) is 6.07 Å². The predicted molar refractivity (Wildman–Crippen MR) is 47.2 cm³/mol. The minimum absolute atomic E-state index is 0.780. The van der Waals surface area contributed by atoms with Gasteiger partial charge >= 0.3 is 0 Å². The van der Waals surface area contributed by atoms with E-state index in [-0.39, 0.29) is 0 Å². The minimum Gasteiger partial charge on any atom is -0.494 e. The Morgan fingerprint density at radius 3 is 2.60 bits per heavy atom. The molecule has 0 heterocycles. The van der Waals surface area contributed by atoms with Crippen LogP contribution >= 0.6 is 31.9 Å². The van der Waals surface area contributed by atoms with Gasteiger partial charge in [0.15, 0.2) is 0 Å². The average molecular weight is 265 g/mol. The highest BCUT2D eigenvalue weighted by Gasteiger charge is 2.02. The molecular weight excluding hydrogens is 260 g/mol. The average Bonchev–Trinajstić information content (AvgIpc) is 1.88. The molecule has 1 aromatic rings. The van der Waals surface area contributed by atoms with E-state index < -0.39 is 0 Å². The summed E-state index contributed by atoms with van der Waals surface area (Å²) in [6, 6.07) is 6.65. The van der Waals surface area contributed by atoms with Gasteiger partial charge in [0.1, 0.15) is 5.75 Å². The predicted octanol–water partition coefficient (Wildman–Crippen LogP) is 3.02. The number of benzene rings is 1. The van der Waals surface area contributed by atoms with Gasteiger partial charge in [-0.25, -0.2) is 0 Å². The first-order chi connectivity index (χ1) is 4.75. The second kappa shape index (κ2) is 3.39. The van der Waals surface area contributed by atoms with Crippen molar-refractivity contribution in [2.45, 2.75) is 0 Å². The molecule has 1 rings (SSSR count). The summed E-state index contributed by atoms with van der Waals surface area (Å²) in [6.07, 6.45) is 0. The van der Waals surface area contributed by atoms with E-state index in [0.717, 1.165) is 14.7 Å². The summed E-state index contributed by atoms with van der Waals surface area (Å²) in [4.78, 5) is 0. The van der Waals surface area contributed by atoms with E-state index in [2.05, 4.69) is 37.9 Å². The van der Waals surface area contributed by atoms with Gasteiger partial charge in [0, 0.05) is 6.07 Å². The zero-order valence-corrected chi connectivity index (χ0v) is 8.49. The zero-order chi connectivity index (χ0) is 7.56. The summed E-state index contributed by atoms with van der Waals surface area (Å²) >= 11 is 6.63. The lowest BCUT2D eigenvalue weighted by Crippen LogP contribution is -1.84. The molecule has 1 radical (unpaired) electrons. The maximum Gasteiger partial charge on any atom is 0.147 e. The molecule has 53 valence electrons. The second-order valence-corrected chi connectivity index (χ2v) is 3.32. The van der Waals surface area contributed by atoms with Crippen molar-refractivity contribution in [1.29, 1.82) is 0 Å². The standard InChI is InChI=1S/C7H5Br2O/c1-10-7-5(8)3-2-4-6(7)9/h2-3H,1H3. The molecule has 1 aromatic carbocycles. The Balaban J connectivity index is 3.17. The maximum absolute atomic E-state index is 5.05. The zero-order valence-electron chi connectivity index (χ0n) is 5.32. The Morgan fingerprint density at radius 1 is 1.50 bits per heavy atom. The molecule has 0 aliphatic heterocycles. The van der Waals surface area contributed by atoms with Gasteiger partial charge in [-0.15, -0.1) is 0 Å². The molecular formula is C7H5Br2O. The normalized spacial score (nSPS) is 9.50. The van der Waals surface area contributed by atoms with Crippen molar-refractivity contribution in [2.75, 3.05) is 7.11 Å². The van der Waals surface area contributed by atoms with Gasteiger partial charge < -0.3 is 4.74 Å². The lowest BCUT2D eigenvalue weighted by Gasteiger charge is -2.03. The summed E-state index contributed by atoms with van der Waals surface area (Å²) in [7, 11) is 1.62. The molecule has 0 aliphatic carbocycles. The SMILES string of the molecule is COc1c(Br)[c]ccc1Br. The topological polar surface area (TPSA) is 9.23 Å². The number of hydrogen-bond donors (Lipinski definition) is 0. The lowest BCUT2D eigenvalue weighted by atomic mass is 10.3. The van der Waals surface area contributed by atoms with E-state index in [1.807, 2.05) is 12.1 Å². The molecule has 0 bridgehead atoms. The van der Waals surface area contributed by atoms with Crippen molar-refractivity contribution < 1.29 is 4.74 Å². The van der Waals surface area contributed by atoms with Gasteiger partial charge in [0.2, 0.25) is 0 Å². The number of methoxy groups -OCH3 is 1. The summed E-state index contributed by atoms with van der Waals surface area (Å²) < 4.78 is 6.82.